The number of hydrogen-bond donors (Lipinski definition) is 1. The first-order chi connectivity index (χ1) is 10.1. The van der Waals surface area contributed by atoms with Gasteiger partial charge in [-0.1, -0.05) is 6.07 Å². The SMILES string of the molecule is COC(=O)[C@@H]1C[C@@H](O)CN1c1ncnc2c(F)cccc12. The standard InChI is InChI=1S/C14H14FN3O3/c1-21-14(20)11-5-8(19)6-18(11)13-9-3-2-4-10(15)12(9)16-7-17-13/h2-4,7-8,11,19H,5-6H2,1H3/t8-,11+/m1/s1. The van der Waals surface area contributed by atoms with E-state index in [0.717, 1.165) is 0 Å². The summed E-state index contributed by atoms with van der Waals surface area (Å²) in [5, 5.41) is 10.3. The van der Waals surface area contributed by atoms with Crippen LogP contribution < -0.4 is 4.90 Å². The second-order valence-corrected chi connectivity index (χ2v) is 4.91. The van der Waals surface area contributed by atoms with Crippen LogP contribution in [0.25, 0.3) is 10.9 Å². The molecule has 1 aliphatic heterocycles. The lowest BCUT2D eigenvalue weighted by Gasteiger charge is -2.24. The van der Waals surface area contributed by atoms with E-state index in [1.807, 2.05) is 0 Å². The summed E-state index contributed by atoms with van der Waals surface area (Å²) in [6.45, 7) is 0.238. The molecule has 1 aromatic heterocycles. The van der Waals surface area contributed by atoms with Crippen LogP contribution in [0.2, 0.25) is 0 Å². The fourth-order valence-electron chi connectivity index (χ4n) is 2.67. The van der Waals surface area contributed by atoms with Crippen LogP contribution in [0.4, 0.5) is 10.2 Å². The molecule has 1 N–H and O–H groups in total. The number of esters is 1. The van der Waals surface area contributed by atoms with Crippen molar-refractivity contribution in [3.63, 3.8) is 0 Å². The smallest absolute Gasteiger partial charge is 0.328 e. The van der Waals surface area contributed by atoms with Gasteiger partial charge in [0.15, 0.2) is 0 Å². The van der Waals surface area contributed by atoms with Crippen molar-refractivity contribution in [2.45, 2.75) is 18.6 Å². The highest BCUT2D eigenvalue weighted by molar-refractivity contribution is 5.92. The quantitative estimate of drug-likeness (QED) is 0.828. The predicted octanol–water partition coefficient (Wildman–Crippen LogP) is 0.881. The molecule has 0 saturated carbocycles. The molecule has 2 aromatic rings. The first kappa shape index (κ1) is 13.7. The molecule has 7 heteroatoms. The zero-order chi connectivity index (χ0) is 15.0. The Bertz CT molecular complexity index is 694. The van der Waals surface area contributed by atoms with E-state index in [2.05, 4.69) is 9.97 Å². The van der Waals surface area contributed by atoms with Crippen LogP contribution in [0, 0.1) is 5.82 Å². The molecule has 1 saturated heterocycles. The number of benzene rings is 1. The summed E-state index contributed by atoms with van der Waals surface area (Å²) in [5.74, 6) is -0.480. The molecule has 1 fully saturated rings. The van der Waals surface area contributed by atoms with Crippen LogP contribution in [-0.2, 0) is 9.53 Å². The molecule has 0 spiro atoms. The number of aliphatic hydroxyl groups excluding tert-OH is 1. The van der Waals surface area contributed by atoms with Crippen molar-refractivity contribution in [3.05, 3.63) is 30.3 Å². The van der Waals surface area contributed by atoms with E-state index >= 15 is 0 Å². The maximum Gasteiger partial charge on any atom is 0.328 e. The van der Waals surface area contributed by atoms with Gasteiger partial charge in [0.05, 0.1) is 13.2 Å². The second kappa shape index (κ2) is 5.25. The van der Waals surface area contributed by atoms with E-state index in [-0.39, 0.29) is 18.5 Å². The van der Waals surface area contributed by atoms with Gasteiger partial charge >= 0.3 is 5.97 Å². The van der Waals surface area contributed by atoms with E-state index in [4.69, 9.17) is 4.74 Å². The van der Waals surface area contributed by atoms with E-state index in [1.165, 1.54) is 19.5 Å². The molecule has 1 aromatic carbocycles. The number of methoxy groups -OCH3 is 1. The third-order valence-corrected chi connectivity index (χ3v) is 3.62. The number of aromatic nitrogens is 2. The molecule has 2 atom stereocenters. The topological polar surface area (TPSA) is 75.6 Å². The third-order valence-electron chi connectivity index (χ3n) is 3.62. The predicted molar refractivity (Wildman–Crippen MR) is 73.3 cm³/mol. The van der Waals surface area contributed by atoms with Crippen LogP contribution in [0.3, 0.4) is 0 Å². The Balaban J connectivity index is 2.11. The molecule has 0 aliphatic carbocycles. The number of aliphatic hydroxyl groups is 1. The fourth-order valence-corrected chi connectivity index (χ4v) is 2.67. The van der Waals surface area contributed by atoms with Gasteiger partial charge in [0.25, 0.3) is 0 Å². The van der Waals surface area contributed by atoms with Crippen LogP contribution >= 0.6 is 0 Å². The minimum Gasteiger partial charge on any atom is -0.467 e. The molecule has 0 amide bonds. The molecular formula is C14H14FN3O3. The van der Waals surface area contributed by atoms with E-state index < -0.39 is 23.9 Å². The minimum absolute atomic E-state index is 0.188. The van der Waals surface area contributed by atoms with E-state index in [9.17, 15) is 14.3 Å². The van der Waals surface area contributed by atoms with E-state index in [0.29, 0.717) is 11.2 Å². The number of halogens is 1. The molecule has 0 unspecified atom stereocenters. The van der Waals surface area contributed by atoms with Crippen LogP contribution in [-0.4, -0.2) is 46.8 Å². The van der Waals surface area contributed by atoms with Gasteiger partial charge in [0.2, 0.25) is 0 Å². The second-order valence-electron chi connectivity index (χ2n) is 4.91. The Hall–Kier alpha value is -2.28. The lowest BCUT2D eigenvalue weighted by Crippen LogP contribution is -2.37. The number of carbonyl (C=O) groups is 1. The Morgan fingerprint density at radius 2 is 2.29 bits per heavy atom. The summed E-state index contributed by atoms with van der Waals surface area (Å²) in [5.41, 5.74) is 0.188. The average Bonchev–Trinajstić information content (AvgIpc) is 2.88. The summed E-state index contributed by atoms with van der Waals surface area (Å²) < 4.78 is 18.6. The van der Waals surface area contributed by atoms with Gasteiger partial charge in [-0.25, -0.2) is 19.2 Å². The number of β-amino-alcohol motifs (C(OH)–C–C–N with tert-alkyl or cyclic N) is 1. The number of nitrogens with zero attached hydrogens (tertiary/aromatic N) is 3. The number of rotatable bonds is 2. The molecule has 6 nitrogen and oxygen atoms in total. The summed E-state index contributed by atoms with van der Waals surface area (Å²) in [6, 6.07) is 3.93. The van der Waals surface area contributed by atoms with E-state index in [1.54, 1.807) is 17.0 Å². The largest absolute Gasteiger partial charge is 0.467 e. The molecule has 1 aliphatic rings. The number of para-hydroxylation sites is 1. The molecular weight excluding hydrogens is 277 g/mol. The fraction of sp³-hybridized carbons (Fsp3) is 0.357. The van der Waals surface area contributed by atoms with Gasteiger partial charge in [-0.05, 0) is 12.1 Å². The molecule has 110 valence electrons. The molecule has 0 bridgehead atoms. The first-order valence-electron chi connectivity index (χ1n) is 6.53. The highest BCUT2D eigenvalue weighted by Gasteiger charge is 2.38. The van der Waals surface area contributed by atoms with Crippen LogP contribution in [0.5, 0.6) is 0 Å². The van der Waals surface area contributed by atoms with Gasteiger partial charge in [0.1, 0.15) is 29.5 Å². The summed E-state index contributed by atoms with van der Waals surface area (Å²) in [6.07, 6.45) is 0.848. The van der Waals surface area contributed by atoms with Crippen LogP contribution in [0.15, 0.2) is 24.5 Å². The monoisotopic (exact) mass is 291 g/mol. The zero-order valence-corrected chi connectivity index (χ0v) is 11.4. The molecule has 2 heterocycles. The van der Waals surface area contributed by atoms with Crippen molar-refractivity contribution in [2.24, 2.45) is 0 Å². The normalized spacial score (nSPS) is 21.8. The van der Waals surface area contributed by atoms with Gasteiger partial charge in [-0.2, -0.15) is 0 Å². The maximum absolute atomic E-state index is 13.8. The highest BCUT2D eigenvalue weighted by atomic mass is 19.1. The Morgan fingerprint density at radius 1 is 1.48 bits per heavy atom. The van der Waals surface area contributed by atoms with Gasteiger partial charge in [0, 0.05) is 18.4 Å². The Morgan fingerprint density at radius 3 is 3.05 bits per heavy atom. The van der Waals surface area contributed by atoms with Crippen molar-refractivity contribution in [2.75, 3.05) is 18.6 Å². The lowest BCUT2D eigenvalue weighted by molar-refractivity contribution is -0.142. The average molecular weight is 291 g/mol. The van der Waals surface area contributed by atoms with Crippen molar-refractivity contribution in [1.82, 2.24) is 9.97 Å². The van der Waals surface area contributed by atoms with Crippen molar-refractivity contribution >= 4 is 22.7 Å². The lowest BCUT2D eigenvalue weighted by atomic mass is 10.2. The van der Waals surface area contributed by atoms with Crippen molar-refractivity contribution in [3.8, 4) is 0 Å². The highest BCUT2D eigenvalue weighted by Crippen LogP contribution is 2.30. The van der Waals surface area contributed by atoms with Crippen molar-refractivity contribution in [1.29, 1.82) is 0 Å². The Labute approximate surface area is 120 Å². The summed E-state index contributed by atoms with van der Waals surface area (Å²) >= 11 is 0. The minimum atomic E-state index is -0.660. The summed E-state index contributed by atoms with van der Waals surface area (Å²) in [4.78, 5) is 21.6. The number of hydrogen-bond acceptors (Lipinski definition) is 6. The Kier molecular flexibility index (Phi) is 3.42. The first-order valence-corrected chi connectivity index (χ1v) is 6.53. The van der Waals surface area contributed by atoms with Crippen molar-refractivity contribution < 1.29 is 19.0 Å². The zero-order valence-electron chi connectivity index (χ0n) is 11.4. The number of ether oxygens (including phenoxy) is 1. The van der Waals surface area contributed by atoms with Gasteiger partial charge < -0.3 is 14.7 Å². The van der Waals surface area contributed by atoms with Gasteiger partial charge in [-0.3, -0.25) is 0 Å². The molecule has 21 heavy (non-hydrogen) atoms. The maximum atomic E-state index is 13.8. The molecule has 3 rings (SSSR count). The molecule has 0 radical (unpaired) electrons. The summed E-state index contributed by atoms with van der Waals surface area (Å²) in [7, 11) is 1.29. The number of carbonyl (C=O) groups excluding carboxylic acids is 1. The third kappa shape index (κ3) is 2.29. The van der Waals surface area contributed by atoms with Crippen LogP contribution in [0.1, 0.15) is 6.42 Å². The number of fused-ring (bicyclic) bond motifs is 1. The van der Waals surface area contributed by atoms with Gasteiger partial charge in [-0.15, -0.1) is 0 Å². The number of anilines is 1.